The minimum atomic E-state index is -0.798. The van der Waals surface area contributed by atoms with Crippen molar-refractivity contribution in [3.05, 3.63) is 35.4 Å². The molecular weight excluding hydrogens is 226 g/mol. The second-order valence-corrected chi connectivity index (χ2v) is 5.44. The van der Waals surface area contributed by atoms with Crippen LogP contribution in [0, 0.1) is 5.92 Å². The van der Waals surface area contributed by atoms with Gasteiger partial charge < -0.3 is 10.4 Å². The topological polar surface area (TPSA) is 49.3 Å². The zero-order valence-corrected chi connectivity index (χ0v) is 11.0. The third-order valence-corrected chi connectivity index (χ3v) is 3.49. The number of carboxylic acids is 1. The van der Waals surface area contributed by atoms with E-state index in [0.29, 0.717) is 11.8 Å². The largest absolute Gasteiger partial charge is 0.480 e. The Labute approximate surface area is 108 Å². The summed E-state index contributed by atoms with van der Waals surface area (Å²) in [7, 11) is 0. The SMILES string of the molecule is CC(C)c1ccc(C(NCC2CC2)C(=O)O)cc1. The molecule has 2 rings (SSSR count). The first kappa shape index (κ1) is 13.1. The fourth-order valence-electron chi connectivity index (χ4n) is 2.03. The maximum Gasteiger partial charge on any atom is 0.325 e. The van der Waals surface area contributed by atoms with E-state index in [1.807, 2.05) is 24.3 Å². The van der Waals surface area contributed by atoms with Crippen molar-refractivity contribution in [3.8, 4) is 0 Å². The van der Waals surface area contributed by atoms with Gasteiger partial charge in [-0.2, -0.15) is 0 Å². The number of benzene rings is 1. The molecule has 18 heavy (non-hydrogen) atoms. The van der Waals surface area contributed by atoms with Crippen molar-refractivity contribution in [2.75, 3.05) is 6.54 Å². The van der Waals surface area contributed by atoms with Gasteiger partial charge in [0, 0.05) is 0 Å². The lowest BCUT2D eigenvalue weighted by Crippen LogP contribution is -2.30. The Kier molecular flexibility index (Phi) is 4.02. The minimum absolute atomic E-state index is 0.474. The summed E-state index contributed by atoms with van der Waals surface area (Å²) in [6, 6.07) is 7.32. The monoisotopic (exact) mass is 247 g/mol. The molecule has 1 atom stereocenters. The standard InChI is InChI=1S/C15H21NO2/c1-10(2)12-5-7-13(8-6-12)14(15(17)18)16-9-11-3-4-11/h5-8,10-11,14,16H,3-4,9H2,1-2H3,(H,17,18). The first-order valence-electron chi connectivity index (χ1n) is 6.64. The van der Waals surface area contributed by atoms with Gasteiger partial charge in [0.1, 0.15) is 6.04 Å². The predicted molar refractivity (Wildman–Crippen MR) is 71.6 cm³/mol. The highest BCUT2D eigenvalue weighted by Crippen LogP contribution is 2.28. The lowest BCUT2D eigenvalue weighted by molar-refractivity contribution is -0.139. The van der Waals surface area contributed by atoms with Gasteiger partial charge in [-0.25, -0.2) is 0 Å². The summed E-state index contributed by atoms with van der Waals surface area (Å²) in [6.07, 6.45) is 2.46. The molecule has 3 nitrogen and oxygen atoms in total. The fraction of sp³-hybridized carbons (Fsp3) is 0.533. The zero-order chi connectivity index (χ0) is 13.1. The summed E-state index contributed by atoms with van der Waals surface area (Å²) in [4.78, 5) is 11.3. The van der Waals surface area contributed by atoms with E-state index in [9.17, 15) is 9.90 Å². The molecule has 1 unspecified atom stereocenters. The van der Waals surface area contributed by atoms with Crippen LogP contribution in [-0.2, 0) is 4.79 Å². The van der Waals surface area contributed by atoms with E-state index >= 15 is 0 Å². The molecule has 0 spiro atoms. The van der Waals surface area contributed by atoms with Crippen LogP contribution in [-0.4, -0.2) is 17.6 Å². The van der Waals surface area contributed by atoms with Crippen LogP contribution in [0.1, 0.15) is 49.8 Å². The second-order valence-electron chi connectivity index (χ2n) is 5.44. The lowest BCUT2D eigenvalue weighted by atomic mass is 9.99. The Balaban J connectivity index is 2.06. The highest BCUT2D eigenvalue weighted by atomic mass is 16.4. The van der Waals surface area contributed by atoms with Crippen LogP contribution >= 0.6 is 0 Å². The van der Waals surface area contributed by atoms with E-state index in [1.54, 1.807) is 0 Å². The third-order valence-electron chi connectivity index (χ3n) is 3.49. The van der Waals surface area contributed by atoms with E-state index in [4.69, 9.17) is 0 Å². The summed E-state index contributed by atoms with van der Waals surface area (Å²) in [5.74, 6) is 0.358. The number of aliphatic carboxylic acids is 1. The average Bonchev–Trinajstić information content (AvgIpc) is 3.13. The van der Waals surface area contributed by atoms with E-state index in [0.717, 1.165) is 12.1 Å². The Morgan fingerprint density at radius 1 is 1.28 bits per heavy atom. The second kappa shape index (κ2) is 5.53. The molecule has 1 aliphatic carbocycles. The summed E-state index contributed by atoms with van der Waals surface area (Å²) >= 11 is 0. The molecular formula is C15H21NO2. The molecule has 0 heterocycles. The lowest BCUT2D eigenvalue weighted by Gasteiger charge is -2.15. The number of rotatable bonds is 6. The van der Waals surface area contributed by atoms with Crippen molar-refractivity contribution >= 4 is 5.97 Å². The van der Waals surface area contributed by atoms with Gasteiger partial charge in [-0.05, 0) is 42.3 Å². The Morgan fingerprint density at radius 2 is 1.83 bits per heavy atom. The molecule has 0 amide bonds. The molecule has 1 saturated carbocycles. The molecule has 0 radical (unpaired) electrons. The maximum absolute atomic E-state index is 11.3. The summed E-state index contributed by atoms with van der Waals surface area (Å²) in [5, 5.41) is 12.4. The maximum atomic E-state index is 11.3. The van der Waals surface area contributed by atoms with Crippen molar-refractivity contribution in [2.24, 2.45) is 5.92 Å². The van der Waals surface area contributed by atoms with Gasteiger partial charge in [0.05, 0.1) is 0 Å². The Bertz CT molecular complexity index is 407. The van der Waals surface area contributed by atoms with Crippen molar-refractivity contribution in [3.63, 3.8) is 0 Å². The van der Waals surface area contributed by atoms with Gasteiger partial charge in [-0.15, -0.1) is 0 Å². The van der Waals surface area contributed by atoms with Crippen LogP contribution in [0.15, 0.2) is 24.3 Å². The van der Waals surface area contributed by atoms with Crippen molar-refractivity contribution in [2.45, 2.75) is 38.6 Å². The molecule has 1 aromatic rings. The molecule has 1 fully saturated rings. The quantitative estimate of drug-likeness (QED) is 0.812. The molecule has 1 aromatic carbocycles. The molecule has 2 N–H and O–H groups in total. The summed E-state index contributed by atoms with van der Waals surface area (Å²) in [5.41, 5.74) is 2.08. The number of carboxylic acid groups (broad SMARTS) is 1. The van der Waals surface area contributed by atoms with E-state index < -0.39 is 12.0 Å². The van der Waals surface area contributed by atoms with Crippen LogP contribution in [0.3, 0.4) is 0 Å². The van der Waals surface area contributed by atoms with Gasteiger partial charge in [-0.1, -0.05) is 38.1 Å². The van der Waals surface area contributed by atoms with E-state index in [-0.39, 0.29) is 0 Å². The third kappa shape index (κ3) is 3.33. The normalized spacial score (nSPS) is 16.8. The molecule has 0 saturated heterocycles. The zero-order valence-electron chi connectivity index (χ0n) is 11.0. The van der Waals surface area contributed by atoms with Crippen molar-refractivity contribution in [1.82, 2.24) is 5.32 Å². The van der Waals surface area contributed by atoms with Crippen LogP contribution in [0.25, 0.3) is 0 Å². The number of hydrogen-bond acceptors (Lipinski definition) is 2. The number of hydrogen-bond donors (Lipinski definition) is 2. The van der Waals surface area contributed by atoms with Gasteiger partial charge >= 0.3 is 5.97 Å². The molecule has 0 aromatic heterocycles. The Morgan fingerprint density at radius 3 is 2.28 bits per heavy atom. The number of carbonyl (C=O) groups is 1. The molecule has 98 valence electrons. The van der Waals surface area contributed by atoms with Gasteiger partial charge in [0.2, 0.25) is 0 Å². The first-order valence-corrected chi connectivity index (χ1v) is 6.64. The van der Waals surface area contributed by atoms with Gasteiger partial charge in [0.15, 0.2) is 0 Å². The van der Waals surface area contributed by atoms with Crippen LogP contribution in [0.2, 0.25) is 0 Å². The van der Waals surface area contributed by atoms with Crippen molar-refractivity contribution < 1.29 is 9.90 Å². The van der Waals surface area contributed by atoms with Crippen LogP contribution in [0.5, 0.6) is 0 Å². The van der Waals surface area contributed by atoms with Crippen molar-refractivity contribution in [1.29, 1.82) is 0 Å². The molecule has 1 aliphatic rings. The molecule has 3 heteroatoms. The van der Waals surface area contributed by atoms with E-state index in [2.05, 4.69) is 19.2 Å². The first-order chi connectivity index (χ1) is 8.58. The highest BCUT2D eigenvalue weighted by molar-refractivity contribution is 5.75. The summed E-state index contributed by atoms with van der Waals surface area (Å²) < 4.78 is 0. The molecule has 0 bridgehead atoms. The fourth-order valence-corrected chi connectivity index (χ4v) is 2.03. The van der Waals surface area contributed by atoms with Crippen LogP contribution in [0.4, 0.5) is 0 Å². The van der Waals surface area contributed by atoms with E-state index in [1.165, 1.54) is 18.4 Å². The smallest absolute Gasteiger partial charge is 0.325 e. The predicted octanol–water partition coefficient (Wildman–Crippen LogP) is 2.94. The van der Waals surface area contributed by atoms with Gasteiger partial charge in [0.25, 0.3) is 0 Å². The number of nitrogens with one attached hydrogen (secondary N) is 1. The molecule has 0 aliphatic heterocycles. The minimum Gasteiger partial charge on any atom is -0.480 e. The Hall–Kier alpha value is -1.35. The van der Waals surface area contributed by atoms with Crippen LogP contribution < -0.4 is 5.32 Å². The van der Waals surface area contributed by atoms with Gasteiger partial charge in [-0.3, -0.25) is 4.79 Å². The summed E-state index contributed by atoms with van der Waals surface area (Å²) in [6.45, 7) is 5.08. The average molecular weight is 247 g/mol. The highest BCUT2D eigenvalue weighted by Gasteiger charge is 2.25.